The molecular weight excluding hydrogens is 457 g/mol. The van der Waals surface area contributed by atoms with E-state index in [4.69, 9.17) is 9.47 Å². The fraction of sp³-hybridized carbons (Fsp3) is 0.440. The monoisotopic (exact) mass is 489 g/mol. The molecule has 2 aromatic carbocycles. The van der Waals surface area contributed by atoms with E-state index in [-0.39, 0.29) is 29.1 Å². The molecule has 0 bridgehead atoms. The maximum absolute atomic E-state index is 12.9. The predicted octanol–water partition coefficient (Wildman–Crippen LogP) is 3.30. The third-order valence-corrected chi connectivity index (χ3v) is 6.44. The van der Waals surface area contributed by atoms with E-state index in [1.165, 1.54) is 36.0 Å². The molecule has 0 saturated carbocycles. The summed E-state index contributed by atoms with van der Waals surface area (Å²) in [5.41, 5.74) is 1.47. The molecule has 0 radical (unpaired) electrons. The van der Waals surface area contributed by atoms with Gasteiger partial charge in [0.15, 0.2) is 0 Å². The van der Waals surface area contributed by atoms with Gasteiger partial charge in [-0.3, -0.25) is 14.5 Å². The molecular formula is C25H32FN3O4S. The molecule has 2 amide bonds. The van der Waals surface area contributed by atoms with Crippen LogP contribution in [0.15, 0.2) is 48.5 Å². The minimum Gasteiger partial charge on any atom is -0.492 e. The Bertz CT molecular complexity index is 923. The summed E-state index contributed by atoms with van der Waals surface area (Å²) in [7, 11) is 2.12. The first-order valence-corrected chi connectivity index (χ1v) is 12.5. The first-order chi connectivity index (χ1) is 16.5. The van der Waals surface area contributed by atoms with Crippen LogP contribution in [-0.2, 0) is 20.9 Å². The Balaban J connectivity index is 1.30. The van der Waals surface area contributed by atoms with Gasteiger partial charge < -0.3 is 20.1 Å². The van der Waals surface area contributed by atoms with Crippen LogP contribution in [0, 0.1) is 5.82 Å². The van der Waals surface area contributed by atoms with Gasteiger partial charge in [0.05, 0.1) is 11.5 Å². The van der Waals surface area contributed by atoms with Gasteiger partial charge in [-0.1, -0.05) is 12.1 Å². The van der Waals surface area contributed by atoms with Crippen LogP contribution in [0.25, 0.3) is 0 Å². The third-order valence-electron chi connectivity index (χ3n) is 5.51. The van der Waals surface area contributed by atoms with Crippen molar-refractivity contribution in [3.8, 4) is 5.75 Å². The number of ether oxygens (including phenoxy) is 2. The first-order valence-electron chi connectivity index (χ1n) is 11.4. The summed E-state index contributed by atoms with van der Waals surface area (Å²) in [5, 5.41) is 5.53. The van der Waals surface area contributed by atoms with Crippen molar-refractivity contribution in [3.05, 3.63) is 59.9 Å². The normalized spacial score (nSPS) is 14.1. The Morgan fingerprint density at radius 3 is 2.62 bits per heavy atom. The van der Waals surface area contributed by atoms with E-state index >= 15 is 0 Å². The number of hydrogen-bond donors (Lipinski definition) is 2. The Kier molecular flexibility index (Phi) is 10.7. The quantitative estimate of drug-likeness (QED) is 0.476. The molecule has 0 aromatic heterocycles. The van der Waals surface area contributed by atoms with E-state index in [0.29, 0.717) is 24.9 Å². The number of halogens is 1. The highest BCUT2D eigenvalue weighted by Crippen LogP contribution is 2.15. The van der Waals surface area contributed by atoms with E-state index < -0.39 is 0 Å². The van der Waals surface area contributed by atoms with Crippen molar-refractivity contribution in [2.24, 2.45) is 0 Å². The van der Waals surface area contributed by atoms with Crippen LogP contribution in [-0.4, -0.2) is 67.7 Å². The molecule has 7 nitrogen and oxygen atoms in total. The molecule has 1 heterocycles. The van der Waals surface area contributed by atoms with Crippen molar-refractivity contribution in [2.45, 2.75) is 25.4 Å². The van der Waals surface area contributed by atoms with E-state index in [1.54, 1.807) is 0 Å². The van der Waals surface area contributed by atoms with Crippen LogP contribution in [0.4, 0.5) is 10.1 Å². The second-order valence-electron chi connectivity index (χ2n) is 8.14. The molecule has 1 aliphatic rings. The van der Waals surface area contributed by atoms with Gasteiger partial charge in [0.25, 0.3) is 0 Å². The van der Waals surface area contributed by atoms with Gasteiger partial charge >= 0.3 is 0 Å². The molecule has 1 fully saturated rings. The third kappa shape index (κ3) is 9.32. The average molecular weight is 490 g/mol. The smallest absolute Gasteiger partial charge is 0.234 e. The van der Waals surface area contributed by atoms with Gasteiger partial charge in [0, 0.05) is 38.0 Å². The summed E-state index contributed by atoms with van der Waals surface area (Å²) in [5.74, 6) is 0.334. The number of carbonyl (C=O) groups excluding carboxylic acids is 2. The summed E-state index contributed by atoms with van der Waals surface area (Å²) in [6.07, 6.45) is 2.12. The zero-order chi connectivity index (χ0) is 24.2. The van der Waals surface area contributed by atoms with E-state index in [9.17, 15) is 14.0 Å². The second kappa shape index (κ2) is 13.9. The predicted molar refractivity (Wildman–Crippen MR) is 133 cm³/mol. The summed E-state index contributed by atoms with van der Waals surface area (Å²) in [4.78, 5) is 26.4. The highest BCUT2D eigenvalue weighted by molar-refractivity contribution is 8.00. The number of benzene rings is 2. The molecule has 2 aromatic rings. The van der Waals surface area contributed by atoms with Crippen LogP contribution in [0.3, 0.4) is 0 Å². The minimum absolute atomic E-state index is 0.135. The lowest BCUT2D eigenvalue weighted by molar-refractivity contribution is -0.118. The SMILES string of the molecule is CN(CCOc1cccc(CNC(=O)CSCC(=O)Nc2ccc(F)cc2)c1)C1CCOCC1. The Morgan fingerprint density at radius 1 is 1.12 bits per heavy atom. The van der Waals surface area contributed by atoms with Gasteiger partial charge in [0.1, 0.15) is 18.2 Å². The second-order valence-corrected chi connectivity index (χ2v) is 9.13. The van der Waals surface area contributed by atoms with Crippen molar-refractivity contribution in [2.75, 3.05) is 50.2 Å². The molecule has 0 aliphatic carbocycles. The van der Waals surface area contributed by atoms with Gasteiger partial charge in [-0.25, -0.2) is 4.39 Å². The summed E-state index contributed by atoms with van der Waals surface area (Å²) in [6.45, 7) is 3.48. The maximum Gasteiger partial charge on any atom is 0.234 e. The number of thioether (sulfide) groups is 1. The number of rotatable bonds is 12. The highest BCUT2D eigenvalue weighted by Gasteiger charge is 2.18. The average Bonchev–Trinajstić information content (AvgIpc) is 2.85. The van der Waals surface area contributed by atoms with E-state index in [0.717, 1.165) is 43.9 Å². The van der Waals surface area contributed by atoms with Crippen LogP contribution in [0.5, 0.6) is 5.75 Å². The summed E-state index contributed by atoms with van der Waals surface area (Å²) >= 11 is 1.22. The van der Waals surface area contributed by atoms with Gasteiger partial charge in [-0.05, 0) is 61.9 Å². The van der Waals surface area contributed by atoms with Crippen molar-refractivity contribution < 1.29 is 23.5 Å². The first kappa shape index (κ1) is 26.0. The van der Waals surface area contributed by atoms with Crippen molar-refractivity contribution in [3.63, 3.8) is 0 Å². The zero-order valence-electron chi connectivity index (χ0n) is 19.4. The van der Waals surface area contributed by atoms with Gasteiger partial charge in [-0.15, -0.1) is 11.8 Å². The van der Waals surface area contributed by atoms with Crippen LogP contribution in [0.1, 0.15) is 18.4 Å². The fourth-order valence-corrected chi connectivity index (χ4v) is 4.23. The Morgan fingerprint density at radius 2 is 1.85 bits per heavy atom. The standard InChI is InChI=1S/C25H32FN3O4S/c1-29(22-9-12-32-13-10-22)11-14-33-23-4-2-3-19(15-23)16-27-24(30)17-34-18-25(31)28-21-7-5-20(26)6-8-21/h2-8,15,22H,9-14,16-18H2,1H3,(H,27,30)(H,28,31). The highest BCUT2D eigenvalue weighted by atomic mass is 32.2. The lowest BCUT2D eigenvalue weighted by Gasteiger charge is -2.31. The molecule has 1 aliphatic heterocycles. The summed E-state index contributed by atoms with van der Waals surface area (Å²) in [6, 6.07) is 13.8. The molecule has 3 rings (SSSR count). The number of carbonyl (C=O) groups is 2. The lowest BCUT2D eigenvalue weighted by Crippen LogP contribution is -2.38. The number of nitrogens with zero attached hydrogens (tertiary/aromatic N) is 1. The lowest BCUT2D eigenvalue weighted by atomic mass is 10.1. The maximum atomic E-state index is 12.9. The van der Waals surface area contributed by atoms with Crippen molar-refractivity contribution in [1.29, 1.82) is 0 Å². The van der Waals surface area contributed by atoms with Crippen molar-refractivity contribution in [1.82, 2.24) is 10.2 Å². The van der Waals surface area contributed by atoms with Crippen LogP contribution in [0.2, 0.25) is 0 Å². The molecule has 1 saturated heterocycles. The largest absolute Gasteiger partial charge is 0.492 e. The van der Waals surface area contributed by atoms with E-state index in [1.807, 2.05) is 24.3 Å². The van der Waals surface area contributed by atoms with E-state index in [2.05, 4.69) is 22.6 Å². The number of likely N-dealkylation sites (N-methyl/N-ethyl adjacent to an activating group) is 1. The molecule has 34 heavy (non-hydrogen) atoms. The number of nitrogens with one attached hydrogen (secondary N) is 2. The summed E-state index contributed by atoms with van der Waals surface area (Å²) < 4.78 is 24.2. The van der Waals surface area contributed by atoms with Crippen molar-refractivity contribution >= 4 is 29.3 Å². The molecule has 9 heteroatoms. The fourth-order valence-electron chi connectivity index (χ4n) is 3.58. The number of hydrogen-bond acceptors (Lipinski definition) is 6. The topological polar surface area (TPSA) is 79.9 Å². The van der Waals surface area contributed by atoms with Gasteiger partial charge in [0.2, 0.25) is 11.8 Å². The number of amides is 2. The Labute approximate surface area is 204 Å². The zero-order valence-corrected chi connectivity index (χ0v) is 20.2. The number of anilines is 1. The molecule has 0 atom stereocenters. The Hall–Kier alpha value is -2.62. The minimum atomic E-state index is -0.362. The molecule has 0 spiro atoms. The molecule has 0 unspecified atom stereocenters. The van der Waals surface area contributed by atoms with Crippen LogP contribution < -0.4 is 15.4 Å². The molecule has 2 N–H and O–H groups in total. The molecule has 184 valence electrons. The van der Waals surface area contributed by atoms with Gasteiger partial charge in [-0.2, -0.15) is 0 Å². The van der Waals surface area contributed by atoms with Crippen LogP contribution >= 0.6 is 11.8 Å².